The Kier molecular flexibility index (Phi) is 4.53. The molecule has 13 heavy (non-hydrogen) atoms. The van der Waals surface area contributed by atoms with Crippen LogP contribution in [0.2, 0.25) is 0 Å². The summed E-state index contributed by atoms with van der Waals surface area (Å²) in [7, 11) is 0. The van der Waals surface area contributed by atoms with Gasteiger partial charge >= 0.3 is 0 Å². The minimum absolute atomic E-state index is 0.613. The number of halogens is 1. The molecule has 3 heteroatoms. The van der Waals surface area contributed by atoms with Crippen molar-refractivity contribution in [1.29, 1.82) is 0 Å². The van der Waals surface area contributed by atoms with Gasteiger partial charge in [-0.05, 0) is 41.0 Å². The van der Waals surface area contributed by atoms with Crippen LogP contribution in [-0.4, -0.2) is 13.1 Å². The monoisotopic (exact) mass is 245 g/mol. The quantitative estimate of drug-likeness (QED) is 0.864. The van der Waals surface area contributed by atoms with Gasteiger partial charge in [0.1, 0.15) is 5.76 Å². The summed E-state index contributed by atoms with van der Waals surface area (Å²) in [5.74, 6) is 1.66. The molecule has 0 aromatic carbocycles. The molecule has 74 valence electrons. The average molecular weight is 246 g/mol. The summed E-state index contributed by atoms with van der Waals surface area (Å²) in [5, 5.41) is 3.32. The maximum absolute atomic E-state index is 5.34. The van der Waals surface area contributed by atoms with Gasteiger partial charge in [0.25, 0.3) is 0 Å². The van der Waals surface area contributed by atoms with Crippen LogP contribution in [0.3, 0.4) is 0 Å². The second kappa shape index (κ2) is 5.45. The lowest BCUT2D eigenvalue weighted by atomic mass is 10.1. The van der Waals surface area contributed by atoms with E-state index in [-0.39, 0.29) is 0 Å². The molecule has 1 N–H and O–H groups in total. The van der Waals surface area contributed by atoms with Crippen LogP contribution in [0.25, 0.3) is 0 Å². The molecule has 0 fully saturated rings. The number of nitrogens with one attached hydrogen (secondary N) is 1. The molecule has 1 unspecified atom stereocenters. The van der Waals surface area contributed by atoms with Crippen molar-refractivity contribution in [3.8, 4) is 0 Å². The Morgan fingerprint density at radius 1 is 1.62 bits per heavy atom. The zero-order valence-electron chi connectivity index (χ0n) is 8.14. The van der Waals surface area contributed by atoms with Gasteiger partial charge < -0.3 is 9.73 Å². The average Bonchev–Trinajstić information content (AvgIpc) is 2.48. The minimum atomic E-state index is 0.613. The maximum Gasteiger partial charge on any atom is 0.118 e. The van der Waals surface area contributed by atoms with Gasteiger partial charge in [-0.25, -0.2) is 0 Å². The molecule has 0 radical (unpaired) electrons. The van der Waals surface area contributed by atoms with Gasteiger partial charge in [-0.3, -0.25) is 0 Å². The van der Waals surface area contributed by atoms with Crippen molar-refractivity contribution < 1.29 is 4.42 Å². The summed E-state index contributed by atoms with van der Waals surface area (Å²) >= 11 is 3.45. The molecule has 1 aromatic heterocycles. The number of hydrogen-bond donors (Lipinski definition) is 1. The Morgan fingerprint density at radius 3 is 2.92 bits per heavy atom. The molecule has 1 atom stereocenters. The molecule has 1 aromatic rings. The van der Waals surface area contributed by atoms with E-state index in [1.54, 1.807) is 6.26 Å². The largest absolute Gasteiger partial charge is 0.468 e. The molecule has 0 aliphatic rings. The number of hydrogen-bond acceptors (Lipinski definition) is 2. The number of rotatable bonds is 5. The van der Waals surface area contributed by atoms with E-state index in [4.69, 9.17) is 4.42 Å². The van der Waals surface area contributed by atoms with E-state index in [0.717, 1.165) is 29.7 Å². The van der Waals surface area contributed by atoms with Gasteiger partial charge in [0, 0.05) is 6.42 Å². The molecule has 0 aliphatic carbocycles. The fraction of sp³-hybridized carbons (Fsp3) is 0.600. The van der Waals surface area contributed by atoms with Crippen molar-refractivity contribution >= 4 is 15.9 Å². The summed E-state index contributed by atoms with van der Waals surface area (Å²) in [6.45, 7) is 6.42. The third-order valence-corrected chi connectivity index (χ3v) is 2.67. The first-order valence-electron chi connectivity index (χ1n) is 4.66. The van der Waals surface area contributed by atoms with Gasteiger partial charge in [0.15, 0.2) is 0 Å². The summed E-state index contributed by atoms with van der Waals surface area (Å²) in [5.41, 5.74) is 0. The minimum Gasteiger partial charge on any atom is -0.468 e. The second-order valence-corrected chi connectivity index (χ2v) is 4.16. The highest BCUT2D eigenvalue weighted by molar-refractivity contribution is 9.10. The first-order valence-corrected chi connectivity index (χ1v) is 5.46. The molecule has 0 bridgehead atoms. The van der Waals surface area contributed by atoms with Crippen LogP contribution in [0.15, 0.2) is 21.2 Å². The Labute approximate surface area is 87.8 Å². The molecule has 1 heterocycles. The molecule has 1 rings (SSSR count). The topological polar surface area (TPSA) is 25.2 Å². The predicted octanol–water partition coefficient (Wildman–Crippen LogP) is 2.83. The third-order valence-electron chi connectivity index (χ3n) is 1.97. The van der Waals surface area contributed by atoms with E-state index < -0.39 is 0 Å². The summed E-state index contributed by atoms with van der Waals surface area (Å²) in [6, 6.07) is 1.94. The van der Waals surface area contributed by atoms with E-state index in [2.05, 4.69) is 35.1 Å². The molecule has 0 saturated carbocycles. The van der Waals surface area contributed by atoms with Crippen LogP contribution < -0.4 is 5.32 Å². The van der Waals surface area contributed by atoms with Crippen molar-refractivity contribution in [3.63, 3.8) is 0 Å². The molecular weight excluding hydrogens is 230 g/mol. The van der Waals surface area contributed by atoms with Crippen LogP contribution in [0.5, 0.6) is 0 Å². The third kappa shape index (κ3) is 3.53. The van der Waals surface area contributed by atoms with Crippen molar-refractivity contribution in [1.82, 2.24) is 5.32 Å². The lowest BCUT2D eigenvalue weighted by Crippen LogP contribution is -2.21. The van der Waals surface area contributed by atoms with Crippen molar-refractivity contribution in [2.24, 2.45) is 5.92 Å². The van der Waals surface area contributed by atoms with Gasteiger partial charge in [-0.15, -0.1) is 0 Å². The lowest BCUT2D eigenvalue weighted by molar-refractivity contribution is 0.440. The van der Waals surface area contributed by atoms with E-state index in [0.29, 0.717) is 5.92 Å². The normalized spacial score (nSPS) is 13.2. The smallest absolute Gasteiger partial charge is 0.118 e. The zero-order chi connectivity index (χ0) is 9.68. The van der Waals surface area contributed by atoms with Crippen LogP contribution in [-0.2, 0) is 6.42 Å². The first kappa shape index (κ1) is 10.8. The fourth-order valence-corrected chi connectivity index (χ4v) is 1.61. The summed E-state index contributed by atoms with van der Waals surface area (Å²) in [6.07, 6.45) is 2.71. The lowest BCUT2D eigenvalue weighted by Gasteiger charge is -2.09. The maximum atomic E-state index is 5.34. The van der Waals surface area contributed by atoms with E-state index >= 15 is 0 Å². The van der Waals surface area contributed by atoms with Crippen molar-refractivity contribution in [3.05, 3.63) is 22.6 Å². The molecule has 0 spiro atoms. The van der Waals surface area contributed by atoms with Gasteiger partial charge in [-0.1, -0.05) is 13.8 Å². The van der Waals surface area contributed by atoms with E-state index in [1.807, 2.05) is 6.07 Å². The van der Waals surface area contributed by atoms with Crippen LogP contribution in [0.1, 0.15) is 19.6 Å². The highest BCUT2D eigenvalue weighted by Crippen LogP contribution is 2.20. The van der Waals surface area contributed by atoms with Gasteiger partial charge in [-0.2, -0.15) is 0 Å². The van der Waals surface area contributed by atoms with E-state index in [9.17, 15) is 0 Å². The Bertz CT molecular complexity index is 247. The fourth-order valence-electron chi connectivity index (χ4n) is 1.25. The standard InChI is InChI=1S/C10H16BrNO/c1-3-12-7-8(2)6-10-9(11)4-5-13-10/h4-5,8,12H,3,6-7H2,1-2H3. The zero-order valence-corrected chi connectivity index (χ0v) is 9.73. The van der Waals surface area contributed by atoms with Gasteiger partial charge in [0.2, 0.25) is 0 Å². The Balaban J connectivity index is 2.36. The van der Waals surface area contributed by atoms with Gasteiger partial charge in [0.05, 0.1) is 10.7 Å². The summed E-state index contributed by atoms with van der Waals surface area (Å²) in [4.78, 5) is 0. The second-order valence-electron chi connectivity index (χ2n) is 3.31. The Hall–Kier alpha value is -0.280. The van der Waals surface area contributed by atoms with Crippen molar-refractivity contribution in [2.75, 3.05) is 13.1 Å². The van der Waals surface area contributed by atoms with Crippen LogP contribution in [0.4, 0.5) is 0 Å². The highest BCUT2D eigenvalue weighted by atomic mass is 79.9. The van der Waals surface area contributed by atoms with Crippen LogP contribution in [0, 0.1) is 5.92 Å². The van der Waals surface area contributed by atoms with Crippen LogP contribution >= 0.6 is 15.9 Å². The molecule has 0 amide bonds. The molecule has 0 saturated heterocycles. The van der Waals surface area contributed by atoms with E-state index in [1.165, 1.54) is 0 Å². The SMILES string of the molecule is CCNCC(C)Cc1occc1Br. The van der Waals surface area contributed by atoms with Crippen molar-refractivity contribution in [2.45, 2.75) is 20.3 Å². The Morgan fingerprint density at radius 2 is 2.38 bits per heavy atom. The molecule has 2 nitrogen and oxygen atoms in total. The molecular formula is C10H16BrNO. The predicted molar refractivity (Wildman–Crippen MR) is 57.8 cm³/mol. The number of furan rings is 1. The first-order chi connectivity index (χ1) is 6.24. The highest BCUT2D eigenvalue weighted by Gasteiger charge is 2.08. The summed E-state index contributed by atoms with van der Waals surface area (Å²) < 4.78 is 6.42. The molecule has 0 aliphatic heterocycles.